The highest BCUT2D eigenvalue weighted by Crippen LogP contribution is 2.20. The van der Waals surface area contributed by atoms with Gasteiger partial charge in [0.1, 0.15) is 0 Å². The number of rotatable bonds is 4. The molecule has 0 saturated heterocycles. The van der Waals surface area contributed by atoms with Crippen LogP contribution in [-0.2, 0) is 10.0 Å². The second kappa shape index (κ2) is 4.24. The number of sulfonamides is 1. The van der Waals surface area contributed by atoms with E-state index in [1.807, 2.05) is 13.8 Å². The van der Waals surface area contributed by atoms with Gasteiger partial charge in [-0.05, 0) is 13.3 Å². The van der Waals surface area contributed by atoms with Gasteiger partial charge in [0.2, 0.25) is 0 Å². The maximum Gasteiger partial charge on any atom is 0.251 e. The van der Waals surface area contributed by atoms with E-state index in [1.165, 1.54) is 6.20 Å². The van der Waals surface area contributed by atoms with Gasteiger partial charge >= 0.3 is 0 Å². The number of hydrogen-bond donors (Lipinski definition) is 2. The highest BCUT2D eigenvalue weighted by Gasteiger charge is 2.18. The average molecular weight is 235 g/mol. The summed E-state index contributed by atoms with van der Waals surface area (Å²) in [6.45, 7) is 3.72. The molecule has 80 valence electrons. The summed E-state index contributed by atoms with van der Waals surface area (Å²) in [5.74, 6) is 0. The second-order valence-electron chi connectivity index (χ2n) is 2.95. The van der Waals surface area contributed by atoms with E-state index in [-0.39, 0.29) is 15.4 Å². The van der Waals surface area contributed by atoms with Gasteiger partial charge in [-0.1, -0.05) is 18.3 Å². The van der Waals surface area contributed by atoms with Crippen molar-refractivity contribution in [2.75, 3.05) is 5.73 Å². The smallest absolute Gasteiger partial charge is 0.251 e. The summed E-state index contributed by atoms with van der Waals surface area (Å²) in [6, 6.07) is -0.0803. The molecule has 0 spiro atoms. The van der Waals surface area contributed by atoms with Crippen molar-refractivity contribution in [2.45, 2.75) is 30.5 Å². The van der Waals surface area contributed by atoms with Crippen molar-refractivity contribution in [3.63, 3.8) is 0 Å². The van der Waals surface area contributed by atoms with Crippen molar-refractivity contribution in [1.82, 2.24) is 9.71 Å². The van der Waals surface area contributed by atoms with Crippen LogP contribution in [0, 0.1) is 0 Å². The third-order valence-electron chi connectivity index (χ3n) is 1.74. The molecule has 0 aliphatic rings. The molecule has 5 nitrogen and oxygen atoms in total. The Labute approximate surface area is 87.4 Å². The van der Waals surface area contributed by atoms with Crippen LogP contribution in [0.4, 0.5) is 5.13 Å². The highest BCUT2D eigenvalue weighted by molar-refractivity contribution is 7.91. The first-order valence-electron chi connectivity index (χ1n) is 4.19. The van der Waals surface area contributed by atoms with E-state index in [2.05, 4.69) is 9.71 Å². The molecule has 0 bridgehead atoms. The molecule has 1 rings (SSSR count). The lowest BCUT2D eigenvalue weighted by Gasteiger charge is -2.09. The number of nitrogens with zero attached hydrogens (tertiary/aromatic N) is 1. The van der Waals surface area contributed by atoms with E-state index in [0.717, 1.165) is 17.8 Å². The molecule has 0 saturated carbocycles. The van der Waals surface area contributed by atoms with Crippen molar-refractivity contribution < 1.29 is 8.42 Å². The van der Waals surface area contributed by atoms with Crippen LogP contribution in [-0.4, -0.2) is 19.4 Å². The van der Waals surface area contributed by atoms with Crippen LogP contribution in [0.15, 0.2) is 10.4 Å². The van der Waals surface area contributed by atoms with Gasteiger partial charge in [-0.2, -0.15) is 0 Å². The molecule has 0 aliphatic heterocycles. The Balaban J connectivity index is 2.86. The number of nitrogens with two attached hydrogens (primary N) is 1. The molecular formula is C7H13N3O2S2. The molecule has 0 unspecified atom stereocenters. The minimum absolute atomic E-state index is 0.0803. The Morgan fingerprint density at radius 3 is 2.79 bits per heavy atom. The zero-order valence-electron chi connectivity index (χ0n) is 8.02. The van der Waals surface area contributed by atoms with Crippen LogP contribution in [0.1, 0.15) is 20.3 Å². The molecule has 7 heteroatoms. The van der Waals surface area contributed by atoms with E-state index in [0.29, 0.717) is 0 Å². The predicted molar refractivity (Wildman–Crippen MR) is 56.6 cm³/mol. The predicted octanol–water partition coefficient (Wildman–Crippen LogP) is 0.802. The van der Waals surface area contributed by atoms with Crippen molar-refractivity contribution in [2.24, 2.45) is 0 Å². The fraction of sp³-hybridized carbons (Fsp3) is 0.571. The van der Waals surface area contributed by atoms with Crippen LogP contribution >= 0.6 is 11.3 Å². The fourth-order valence-corrected chi connectivity index (χ4v) is 3.06. The zero-order chi connectivity index (χ0) is 10.8. The normalized spacial score (nSPS) is 14.1. The Morgan fingerprint density at radius 1 is 1.71 bits per heavy atom. The number of nitrogen functional groups attached to an aromatic ring is 1. The topological polar surface area (TPSA) is 85.1 Å². The molecule has 1 aromatic heterocycles. The summed E-state index contributed by atoms with van der Waals surface area (Å²) in [4.78, 5) is 3.69. The molecule has 1 atom stereocenters. The number of anilines is 1. The van der Waals surface area contributed by atoms with E-state index in [9.17, 15) is 8.42 Å². The molecule has 3 N–H and O–H groups in total. The Bertz CT molecular complexity index is 399. The Morgan fingerprint density at radius 2 is 2.36 bits per heavy atom. The molecule has 1 aromatic rings. The number of thiazole rings is 1. The molecule has 0 amide bonds. The van der Waals surface area contributed by atoms with E-state index >= 15 is 0 Å². The van der Waals surface area contributed by atoms with Crippen LogP contribution in [0.2, 0.25) is 0 Å². The van der Waals surface area contributed by atoms with Gasteiger partial charge < -0.3 is 5.73 Å². The van der Waals surface area contributed by atoms with Gasteiger partial charge in [0.05, 0.1) is 6.20 Å². The maximum atomic E-state index is 11.6. The lowest BCUT2D eigenvalue weighted by molar-refractivity contribution is 0.557. The molecule has 14 heavy (non-hydrogen) atoms. The summed E-state index contributed by atoms with van der Waals surface area (Å²) in [6.07, 6.45) is 2.01. The summed E-state index contributed by atoms with van der Waals surface area (Å²) < 4.78 is 25.9. The van der Waals surface area contributed by atoms with Crippen molar-refractivity contribution in [3.05, 3.63) is 6.20 Å². The van der Waals surface area contributed by atoms with Crippen molar-refractivity contribution in [1.29, 1.82) is 0 Å². The Kier molecular flexibility index (Phi) is 3.46. The van der Waals surface area contributed by atoms with Gasteiger partial charge in [0.25, 0.3) is 10.0 Å². The van der Waals surface area contributed by atoms with Gasteiger partial charge in [-0.3, -0.25) is 0 Å². The van der Waals surface area contributed by atoms with Crippen molar-refractivity contribution in [3.8, 4) is 0 Å². The number of nitrogens with one attached hydrogen (secondary N) is 1. The quantitative estimate of drug-likeness (QED) is 0.808. The minimum Gasteiger partial charge on any atom is -0.375 e. The van der Waals surface area contributed by atoms with Gasteiger partial charge in [0, 0.05) is 6.04 Å². The van der Waals surface area contributed by atoms with E-state index in [1.54, 1.807) is 0 Å². The molecule has 0 aliphatic carbocycles. The largest absolute Gasteiger partial charge is 0.375 e. The van der Waals surface area contributed by atoms with Crippen LogP contribution in [0.3, 0.4) is 0 Å². The van der Waals surface area contributed by atoms with Crippen LogP contribution in [0.25, 0.3) is 0 Å². The second-order valence-corrected chi connectivity index (χ2v) is 5.95. The van der Waals surface area contributed by atoms with E-state index in [4.69, 9.17) is 5.73 Å². The van der Waals surface area contributed by atoms with Crippen LogP contribution < -0.4 is 10.5 Å². The van der Waals surface area contributed by atoms with Gasteiger partial charge in [0.15, 0.2) is 9.34 Å². The Hall–Kier alpha value is -0.660. The molecular weight excluding hydrogens is 222 g/mol. The summed E-state index contributed by atoms with van der Waals surface area (Å²) in [5.41, 5.74) is 5.35. The number of aromatic nitrogens is 1. The first-order chi connectivity index (χ1) is 6.45. The van der Waals surface area contributed by atoms with E-state index < -0.39 is 10.0 Å². The first kappa shape index (κ1) is 11.4. The third kappa shape index (κ3) is 2.66. The molecule has 1 heterocycles. The standard InChI is InChI=1S/C7H13N3O2S2/c1-3-5(2)10-14(11,12)6-4-9-7(8)13-6/h4-5,10H,3H2,1-2H3,(H2,8,9)/t5-/m0/s1. The fourth-order valence-electron chi connectivity index (χ4n) is 0.803. The number of hydrogen-bond acceptors (Lipinski definition) is 5. The lowest BCUT2D eigenvalue weighted by atomic mass is 10.3. The maximum absolute atomic E-state index is 11.6. The average Bonchev–Trinajstić information content (AvgIpc) is 2.51. The zero-order valence-corrected chi connectivity index (χ0v) is 9.65. The molecule has 0 aromatic carbocycles. The first-order valence-corrected chi connectivity index (χ1v) is 6.49. The third-order valence-corrected chi connectivity index (χ3v) is 4.61. The summed E-state index contributed by atoms with van der Waals surface area (Å²) in [5, 5.41) is 0.259. The lowest BCUT2D eigenvalue weighted by Crippen LogP contribution is -2.31. The molecule has 0 fully saturated rings. The monoisotopic (exact) mass is 235 g/mol. The van der Waals surface area contributed by atoms with Crippen molar-refractivity contribution >= 4 is 26.5 Å². The van der Waals surface area contributed by atoms with Gasteiger partial charge in [-0.15, -0.1) is 0 Å². The molecule has 0 radical (unpaired) electrons. The summed E-state index contributed by atoms with van der Waals surface area (Å²) >= 11 is 0.963. The summed E-state index contributed by atoms with van der Waals surface area (Å²) in [7, 11) is -3.42. The SMILES string of the molecule is CC[C@H](C)NS(=O)(=O)c1cnc(N)s1. The highest BCUT2D eigenvalue weighted by atomic mass is 32.2. The van der Waals surface area contributed by atoms with Crippen LogP contribution in [0.5, 0.6) is 0 Å². The van der Waals surface area contributed by atoms with Gasteiger partial charge in [-0.25, -0.2) is 18.1 Å². The minimum atomic E-state index is -3.42.